The fourth-order valence-corrected chi connectivity index (χ4v) is 12.9. The van der Waals surface area contributed by atoms with E-state index in [1.807, 2.05) is 91.0 Å². The van der Waals surface area contributed by atoms with Gasteiger partial charge in [0.15, 0.2) is 52.4 Å². The molecule has 15 rings (SSSR count). The molecule has 0 spiro atoms. The van der Waals surface area contributed by atoms with E-state index in [-0.39, 0.29) is 21.7 Å². The predicted octanol–water partition coefficient (Wildman–Crippen LogP) is 26.7. The molecular formula is C103H95N9. The van der Waals surface area contributed by atoms with Gasteiger partial charge in [-0.3, -0.25) is 0 Å². The summed E-state index contributed by atoms with van der Waals surface area (Å²) in [4.78, 5) is 44.1. The average Bonchev–Trinajstić information content (AvgIpc) is 0.800. The Labute approximate surface area is 661 Å². The first-order valence-corrected chi connectivity index (χ1v) is 38.2. The van der Waals surface area contributed by atoms with Crippen molar-refractivity contribution in [1.82, 2.24) is 44.9 Å². The van der Waals surface area contributed by atoms with E-state index < -0.39 is 0 Å². The molecule has 0 aliphatic heterocycles. The Morgan fingerprint density at radius 1 is 0.170 bits per heavy atom. The fraction of sp³-hybridized carbons (Fsp3) is 0.155. The van der Waals surface area contributed by atoms with Crippen LogP contribution in [0.5, 0.6) is 0 Å². The second-order valence-corrected chi connectivity index (χ2v) is 32.2. The quantitative estimate of drug-likeness (QED) is 0.0989. The monoisotopic (exact) mass is 1460 g/mol. The highest BCUT2D eigenvalue weighted by molar-refractivity contribution is 5.77. The number of hydrogen-bond donors (Lipinski definition) is 0. The van der Waals surface area contributed by atoms with Crippen molar-refractivity contribution in [2.75, 3.05) is 0 Å². The summed E-state index contributed by atoms with van der Waals surface area (Å²) in [7, 11) is 0. The molecule has 0 bridgehead atoms. The third-order valence-electron chi connectivity index (χ3n) is 19.8. The minimum atomic E-state index is 0.0765. The topological polar surface area (TPSA) is 116 Å². The summed E-state index contributed by atoms with van der Waals surface area (Å²) in [6.07, 6.45) is 5.56. The van der Waals surface area contributed by atoms with Crippen LogP contribution in [0.2, 0.25) is 0 Å². The van der Waals surface area contributed by atoms with Crippen LogP contribution in [0.4, 0.5) is 0 Å². The van der Waals surface area contributed by atoms with Crippen LogP contribution < -0.4 is 0 Å². The molecular weight excluding hydrogens is 1360 g/mol. The first-order chi connectivity index (χ1) is 53.8. The molecule has 9 nitrogen and oxygen atoms in total. The molecule has 3 aromatic heterocycles. The largest absolute Gasteiger partial charge is 0.208 e. The molecule has 15 aromatic rings. The van der Waals surface area contributed by atoms with E-state index in [2.05, 4.69) is 333 Å². The van der Waals surface area contributed by atoms with Gasteiger partial charge in [-0.1, -0.05) is 412 Å². The lowest BCUT2D eigenvalue weighted by molar-refractivity contribution is 0.590. The highest BCUT2D eigenvalue weighted by atomic mass is 15.1. The summed E-state index contributed by atoms with van der Waals surface area (Å²) < 4.78 is 0. The maximum absolute atomic E-state index is 4.97. The minimum Gasteiger partial charge on any atom is -0.208 e. The highest BCUT2D eigenvalue weighted by Crippen LogP contribution is 2.36. The van der Waals surface area contributed by atoms with Crippen molar-refractivity contribution in [3.05, 3.63) is 362 Å². The molecule has 3 heterocycles. The standard InChI is InChI=1S/2C37H37N3.C29H21N3/c1-8-25-9-11-26(12-10-25)27-13-15-28(16-14-27)33-38-34(29-17-21-31(22-18-29)36(2,3)4)40-35(39-33)30-19-23-32(24-20-30)37(5,6)7;1-8-25-12-14-26(15-13-25)29-10-9-11-30(24-29)35-39-33(27-16-20-31(21-17-27)36(2,3)4)38-34(40-35)28-18-22-32(23-19-28)37(5,6)7;1-2-21-16-18-22(19-17-21)25-14-9-15-26(20-25)29-31-27(23-10-5-3-6-11-23)30-28(32-29)24-12-7-4-8-13-24/h2*8-24H,1H2,2-7H3;2-20H,1H2. The maximum atomic E-state index is 4.97. The van der Waals surface area contributed by atoms with E-state index in [0.29, 0.717) is 52.4 Å². The van der Waals surface area contributed by atoms with Crippen LogP contribution in [0.15, 0.2) is 323 Å². The van der Waals surface area contributed by atoms with Crippen LogP contribution in [0.1, 0.15) is 122 Å². The molecule has 12 aromatic carbocycles. The number of benzene rings is 12. The van der Waals surface area contributed by atoms with Crippen molar-refractivity contribution in [1.29, 1.82) is 0 Å². The van der Waals surface area contributed by atoms with Gasteiger partial charge in [-0.05, 0) is 106 Å². The zero-order chi connectivity index (χ0) is 78.7. The third-order valence-corrected chi connectivity index (χ3v) is 19.8. The lowest BCUT2D eigenvalue weighted by Crippen LogP contribution is -2.11. The van der Waals surface area contributed by atoms with Crippen molar-refractivity contribution in [3.63, 3.8) is 0 Å². The first kappa shape index (κ1) is 77.1. The summed E-state index contributed by atoms with van der Waals surface area (Å²) in [5.41, 5.74) is 24.2. The van der Waals surface area contributed by atoms with Gasteiger partial charge in [0.2, 0.25) is 0 Å². The second-order valence-electron chi connectivity index (χ2n) is 32.2. The Balaban J connectivity index is 0.000000148. The van der Waals surface area contributed by atoms with Crippen LogP contribution in [0.25, 0.3) is 154 Å². The second kappa shape index (κ2) is 33.4. The van der Waals surface area contributed by atoms with Crippen LogP contribution in [0, 0.1) is 0 Å². The summed E-state index contributed by atoms with van der Waals surface area (Å²) in [5, 5.41) is 0. The van der Waals surface area contributed by atoms with Gasteiger partial charge in [-0.2, -0.15) is 0 Å². The van der Waals surface area contributed by atoms with Crippen LogP contribution >= 0.6 is 0 Å². The molecule has 0 fully saturated rings. The predicted molar refractivity (Wildman–Crippen MR) is 470 cm³/mol. The van der Waals surface area contributed by atoms with E-state index in [4.69, 9.17) is 44.9 Å². The number of rotatable bonds is 15. The Bertz CT molecular complexity index is 5540. The van der Waals surface area contributed by atoms with Gasteiger partial charge in [0, 0.05) is 50.1 Å². The Morgan fingerprint density at radius 3 is 0.545 bits per heavy atom. The van der Waals surface area contributed by atoms with Gasteiger partial charge < -0.3 is 0 Å². The molecule has 0 radical (unpaired) electrons. The lowest BCUT2D eigenvalue weighted by Gasteiger charge is -2.19. The van der Waals surface area contributed by atoms with Gasteiger partial charge in [0.05, 0.1) is 0 Å². The maximum Gasteiger partial charge on any atom is 0.164 e. The van der Waals surface area contributed by atoms with Gasteiger partial charge in [0.1, 0.15) is 0 Å². The van der Waals surface area contributed by atoms with Gasteiger partial charge in [-0.15, -0.1) is 0 Å². The highest BCUT2D eigenvalue weighted by Gasteiger charge is 2.22. The van der Waals surface area contributed by atoms with Crippen molar-refractivity contribution in [3.8, 4) is 136 Å². The van der Waals surface area contributed by atoms with Gasteiger partial charge in [0.25, 0.3) is 0 Å². The lowest BCUT2D eigenvalue weighted by atomic mass is 9.86. The van der Waals surface area contributed by atoms with Crippen molar-refractivity contribution < 1.29 is 0 Å². The minimum absolute atomic E-state index is 0.0765. The van der Waals surface area contributed by atoms with E-state index in [1.165, 1.54) is 22.3 Å². The molecule has 112 heavy (non-hydrogen) atoms. The molecule has 552 valence electrons. The zero-order valence-electron chi connectivity index (χ0n) is 66.2. The summed E-state index contributed by atoms with van der Waals surface area (Å²) in [6, 6.07) is 105. The van der Waals surface area contributed by atoms with Crippen LogP contribution in [0.3, 0.4) is 0 Å². The Morgan fingerprint density at radius 2 is 0.330 bits per heavy atom. The molecule has 0 saturated heterocycles. The Kier molecular flexibility index (Phi) is 23.0. The zero-order valence-corrected chi connectivity index (χ0v) is 66.2. The van der Waals surface area contributed by atoms with Crippen molar-refractivity contribution in [2.24, 2.45) is 0 Å². The van der Waals surface area contributed by atoms with Crippen molar-refractivity contribution >= 4 is 18.2 Å². The number of aromatic nitrogens is 9. The molecule has 0 amide bonds. The first-order valence-electron chi connectivity index (χ1n) is 38.2. The Hall–Kier alpha value is -13.1. The normalized spacial score (nSPS) is 11.5. The van der Waals surface area contributed by atoms with Gasteiger partial charge >= 0.3 is 0 Å². The summed E-state index contributed by atoms with van der Waals surface area (Å²) in [5.74, 6) is 5.97. The van der Waals surface area contributed by atoms with Crippen LogP contribution in [-0.2, 0) is 21.7 Å². The van der Waals surface area contributed by atoms with E-state index in [9.17, 15) is 0 Å². The summed E-state index contributed by atoms with van der Waals surface area (Å²) >= 11 is 0. The van der Waals surface area contributed by atoms with E-state index >= 15 is 0 Å². The number of nitrogens with zero attached hydrogens (tertiary/aromatic N) is 9. The summed E-state index contributed by atoms with van der Waals surface area (Å²) in [6.45, 7) is 38.2. The third kappa shape index (κ3) is 18.9. The van der Waals surface area contributed by atoms with E-state index in [0.717, 1.165) is 100 Å². The molecule has 0 saturated carbocycles. The SMILES string of the molecule is C=Cc1ccc(-c2ccc(-c3nc(-c4ccc(C(C)(C)C)cc4)nc(-c4ccc(C(C)(C)C)cc4)n3)cc2)cc1.C=Cc1ccc(-c2cccc(-c3nc(-c4ccc(C(C)(C)C)cc4)nc(-c4ccc(C(C)(C)C)cc4)n3)c2)cc1.C=Cc1ccc(-c2cccc(-c3nc(-c4ccccc4)nc(-c4ccccc4)n3)c2)cc1. The van der Waals surface area contributed by atoms with Crippen molar-refractivity contribution in [2.45, 2.75) is 105 Å². The smallest absolute Gasteiger partial charge is 0.164 e. The number of hydrogen-bond acceptors (Lipinski definition) is 9. The fourth-order valence-electron chi connectivity index (χ4n) is 12.9. The van der Waals surface area contributed by atoms with Crippen LogP contribution in [-0.4, -0.2) is 44.9 Å². The van der Waals surface area contributed by atoms with Gasteiger partial charge in [-0.25, -0.2) is 44.9 Å². The molecule has 9 heteroatoms. The molecule has 0 atom stereocenters. The molecule has 0 aliphatic rings. The molecule has 0 N–H and O–H groups in total. The molecule has 0 aliphatic carbocycles. The molecule has 0 unspecified atom stereocenters. The average molecular weight is 1460 g/mol. The van der Waals surface area contributed by atoms with E-state index in [1.54, 1.807) is 0 Å².